The van der Waals surface area contributed by atoms with Crippen LogP contribution in [0, 0.1) is 0 Å². The lowest BCUT2D eigenvalue weighted by atomic mass is 9.79. The standard InChI is InChI=1S/C15H34N4/c1-14(2)11-13(12-15(3,4)19-14)18-10-6-9-17-8-5-7-16/h13,17-19H,5-12,16H2,1-4H3. The number of hydrogen-bond donors (Lipinski definition) is 4. The van der Waals surface area contributed by atoms with Gasteiger partial charge in [0, 0.05) is 17.1 Å². The van der Waals surface area contributed by atoms with Crippen molar-refractivity contribution >= 4 is 0 Å². The van der Waals surface area contributed by atoms with Gasteiger partial charge in [0.15, 0.2) is 0 Å². The quantitative estimate of drug-likeness (QED) is 0.501. The molecule has 0 bridgehead atoms. The molecule has 0 aromatic heterocycles. The molecule has 0 aliphatic carbocycles. The Morgan fingerprint density at radius 2 is 1.58 bits per heavy atom. The summed E-state index contributed by atoms with van der Waals surface area (Å²) in [6.45, 7) is 13.2. The normalized spacial score (nSPS) is 22.6. The van der Waals surface area contributed by atoms with Gasteiger partial charge in [-0.1, -0.05) is 0 Å². The molecule has 1 heterocycles. The first-order valence-electron chi connectivity index (χ1n) is 7.78. The molecule has 0 aromatic rings. The van der Waals surface area contributed by atoms with E-state index in [2.05, 4.69) is 43.6 Å². The number of piperidine rings is 1. The fourth-order valence-electron chi connectivity index (χ4n) is 3.34. The third-order valence-corrected chi connectivity index (χ3v) is 3.71. The largest absolute Gasteiger partial charge is 0.330 e. The summed E-state index contributed by atoms with van der Waals surface area (Å²) in [7, 11) is 0. The summed E-state index contributed by atoms with van der Waals surface area (Å²) in [5.74, 6) is 0. The summed E-state index contributed by atoms with van der Waals surface area (Å²) >= 11 is 0. The molecule has 4 nitrogen and oxygen atoms in total. The van der Waals surface area contributed by atoms with Crippen molar-refractivity contribution in [3.63, 3.8) is 0 Å². The second kappa shape index (κ2) is 7.58. The van der Waals surface area contributed by atoms with Crippen molar-refractivity contribution in [2.75, 3.05) is 26.2 Å². The average molecular weight is 270 g/mol. The highest BCUT2D eigenvalue weighted by Gasteiger charge is 2.37. The molecule has 19 heavy (non-hydrogen) atoms. The van der Waals surface area contributed by atoms with Crippen LogP contribution in [0.5, 0.6) is 0 Å². The Kier molecular flexibility index (Phi) is 6.74. The van der Waals surface area contributed by atoms with Crippen molar-refractivity contribution in [1.82, 2.24) is 16.0 Å². The molecular weight excluding hydrogens is 236 g/mol. The summed E-state index contributed by atoms with van der Waals surface area (Å²) in [6, 6.07) is 0.635. The Bertz CT molecular complexity index is 235. The molecular formula is C15H34N4. The second-order valence-corrected chi connectivity index (χ2v) is 7.20. The predicted octanol–water partition coefficient (Wildman–Crippen LogP) is 1.21. The number of hydrogen-bond acceptors (Lipinski definition) is 4. The molecule has 0 atom stereocenters. The van der Waals surface area contributed by atoms with Crippen molar-refractivity contribution in [3.05, 3.63) is 0 Å². The fraction of sp³-hybridized carbons (Fsp3) is 1.00. The lowest BCUT2D eigenvalue weighted by Gasteiger charge is -2.46. The van der Waals surface area contributed by atoms with E-state index in [-0.39, 0.29) is 11.1 Å². The minimum Gasteiger partial charge on any atom is -0.330 e. The third kappa shape index (κ3) is 7.25. The Hall–Kier alpha value is -0.160. The summed E-state index contributed by atoms with van der Waals surface area (Å²) in [4.78, 5) is 0. The van der Waals surface area contributed by atoms with Gasteiger partial charge in [-0.3, -0.25) is 0 Å². The molecule has 4 heteroatoms. The highest BCUT2D eigenvalue weighted by atomic mass is 15.1. The fourth-order valence-corrected chi connectivity index (χ4v) is 3.34. The first-order chi connectivity index (χ1) is 8.85. The molecule has 0 aromatic carbocycles. The van der Waals surface area contributed by atoms with Crippen molar-refractivity contribution in [1.29, 1.82) is 0 Å². The minimum atomic E-state index is 0.235. The monoisotopic (exact) mass is 270 g/mol. The summed E-state index contributed by atoms with van der Waals surface area (Å²) < 4.78 is 0. The SMILES string of the molecule is CC1(C)CC(NCCCNCCCN)CC(C)(C)N1. The first-order valence-corrected chi connectivity index (χ1v) is 7.78. The zero-order valence-corrected chi connectivity index (χ0v) is 13.3. The highest BCUT2D eigenvalue weighted by molar-refractivity contribution is 4.99. The van der Waals surface area contributed by atoms with Crippen LogP contribution in [-0.4, -0.2) is 43.3 Å². The van der Waals surface area contributed by atoms with Crippen molar-refractivity contribution in [2.45, 2.75) is 70.5 Å². The van der Waals surface area contributed by atoms with Gasteiger partial charge in [-0.25, -0.2) is 0 Å². The molecule has 1 aliphatic rings. The summed E-state index contributed by atoms with van der Waals surface area (Å²) in [6.07, 6.45) is 4.67. The van der Waals surface area contributed by atoms with Gasteiger partial charge in [-0.2, -0.15) is 0 Å². The molecule has 5 N–H and O–H groups in total. The van der Waals surface area contributed by atoms with E-state index in [0.29, 0.717) is 6.04 Å². The zero-order valence-electron chi connectivity index (χ0n) is 13.3. The maximum absolute atomic E-state index is 5.46. The van der Waals surface area contributed by atoms with Crippen LogP contribution < -0.4 is 21.7 Å². The molecule has 0 amide bonds. The van der Waals surface area contributed by atoms with E-state index in [1.54, 1.807) is 0 Å². The topological polar surface area (TPSA) is 62.1 Å². The van der Waals surface area contributed by atoms with Gasteiger partial charge < -0.3 is 21.7 Å². The number of rotatable bonds is 8. The van der Waals surface area contributed by atoms with E-state index in [0.717, 1.165) is 32.6 Å². The maximum Gasteiger partial charge on any atom is 0.0144 e. The van der Waals surface area contributed by atoms with Crippen molar-refractivity contribution in [2.24, 2.45) is 5.73 Å². The van der Waals surface area contributed by atoms with Crippen LogP contribution in [-0.2, 0) is 0 Å². The minimum absolute atomic E-state index is 0.235. The third-order valence-electron chi connectivity index (χ3n) is 3.71. The summed E-state index contributed by atoms with van der Waals surface area (Å²) in [5, 5.41) is 10.9. The molecule has 0 spiro atoms. The zero-order chi connectivity index (χ0) is 14.4. The van der Waals surface area contributed by atoms with E-state index >= 15 is 0 Å². The lowest BCUT2D eigenvalue weighted by Crippen LogP contribution is -2.61. The van der Waals surface area contributed by atoms with Gasteiger partial charge in [0.05, 0.1) is 0 Å². The average Bonchev–Trinajstić information content (AvgIpc) is 2.23. The molecule has 0 radical (unpaired) electrons. The van der Waals surface area contributed by atoms with Crippen LogP contribution in [0.4, 0.5) is 0 Å². The van der Waals surface area contributed by atoms with Crippen LogP contribution in [0.2, 0.25) is 0 Å². The Balaban J connectivity index is 2.15. The Labute approximate surface area is 119 Å². The molecule has 1 rings (SSSR count). The van der Waals surface area contributed by atoms with E-state index < -0.39 is 0 Å². The molecule has 0 saturated carbocycles. The van der Waals surface area contributed by atoms with E-state index in [9.17, 15) is 0 Å². The van der Waals surface area contributed by atoms with E-state index in [4.69, 9.17) is 5.73 Å². The van der Waals surface area contributed by atoms with Crippen LogP contribution >= 0.6 is 0 Å². The Morgan fingerprint density at radius 3 is 2.16 bits per heavy atom. The van der Waals surface area contributed by atoms with Crippen LogP contribution in [0.3, 0.4) is 0 Å². The van der Waals surface area contributed by atoms with Gasteiger partial charge >= 0.3 is 0 Å². The number of nitrogens with two attached hydrogens (primary N) is 1. The van der Waals surface area contributed by atoms with Crippen molar-refractivity contribution in [3.8, 4) is 0 Å². The lowest BCUT2D eigenvalue weighted by molar-refractivity contribution is 0.146. The maximum atomic E-state index is 5.46. The molecule has 114 valence electrons. The summed E-state index contributed by atoms with van der Waals surface area (Å²) in [5.41, 5.74) is 5.93. The van der Waals surface area contributed by atoms with Crippen LogP contribution in [0.15, 0.2) is 0 Å². The van der Waals surface area contributed by atoms with Gasteiger partial charge in [0.25, 0.3) is 0 Å². The molecule has 0 unspecified atom stereocenters. The van der Waals surface area contributed by atoms with Gasteiger partial charge in [-0.15, -0.1) is 0 Å². The van der Waals surface area contributed by atoms with Crippen LogP contribution in [0.25, 0.3) is 0 Å². The smallest absolute Gasteiger partial charge is 0.0144 e. The van der Waals surface area contributed by atoms with Crippen molar-refractivity contribution < 1.29 is 0 Å². The second-order valence-electron chi connectivity index (χ2n) is 7.20. The van der Waals surface area contributed by atoms with Crippen LogP contribution in [0.1, 0.15) is 53.4 Å². The predicted molar refractivity (Wildman–Crippen MR) is 83.5 cm³/mol. The Morgan fingerprint density at radius 1 is 1.00 bits per heavy atom. The van der Waals surface area contributed by atoms with Gasteiger partial charge in [-0.05, 0) is 79.6 Å². The van der Waals surface area contributed by atoms with Gasteiger partial charge in [0.1, 0.15) is 0 Å². The van der Waals surface area contributed by atoms with Gasteiger partial charge in [0.2, 0.25) is 0 Å². The highest BCUT2D eigenvalue weighted by Crippen LogP contribution is 2.28. The van der Waals surface area contributed by atoms with E-state index in [1.807, 2.05) is 0 Å². The molecule has 1 saturated heterocycles. The number of nitrogens with one attached hydrogen (secondary N) is 3. The van der Waals surface area contributed by atoms with E-state index in [1.165, 1.54) is 19.3 Å². The molecule has 1 aliphatic heterocycles. The first kappa shape index (κ1) is 16.9. The molecule has 1 fully saturated rings.